The summed E-state index contributed by atoms with van der Waals surface area (Å²) in [6.07, 6.45) is 13.4. The Labute approximate surface area is 141 Å². The number of carbonyl (C=O) groups is 1. The second-order valence-electron chi connectivity index (χ2n) is 9.39. The van der Waals surface area contributed by atoms with Gasteiger partial charge in [-0.15, -0.1) is 0 Å². The van der Waals surface area contributed by atoms with Crippen molar-refractivity contribution in [2.24, 2.45) is 34.5 Å². The van der Waals surface area contributed by atoms with Crippen LogP contribution in [0, 0.1) is 34.5 Å². The van der Waals surface area contributed by atoms with Gasteiger partial charge in [-0.25, -0.2) is 0 Å². The van der Waals surface area contributed by atoms with Gasteiger partial charge in [0.1, 0.15) is 0 Å². The van der Waals surface area contributed by atoms with Gasteiger partial charge in [-0.3, -0.25) is 4.79 Å². The molecule has 0 bridgehead atoms. The average molecular weight is 312 g/mol. The van der Waals surface area contributed by atoms with Gasteiger partial charge in [-0.2, -0.15) is 0 Å². The zero-order valence-corrected chi connectivity index (χ0v) is 15.3. The molecule has 1 nitrogen and oxygen atoms in total. The Bertz CT molecular complexity index is 597. The van der Waals surface area contributed by atoms with Crippen LogP contribution in [0.1, 0.15) is 72.6 Å². The Balaban J connectivity index is 1.71. The van der Waals surface area contributed by atoms with Crippen LogP contribution in [0.5, 0.6) is 0 Å². The number of rotatable bonds is 0. The molecule has 1 heteroatoms. The Hall–Kier alpha value is -0.850. The van der Waals surface area contributed by atoms with Crippen LogP contribution >= 0.6 is 0 Å². The van der Waals surface area contributed by atoms with Crippen LogP contribution in [0.15, 0.2) is 23.3 Å². The van der Waals surface area contributed by atoms with Gasteiger partial charge >= 0.3 is 0 Å². The summed E-state index contributed by atoms with van der Waals surface area (Å²) in [7, 11) is 0. The van der Waals surface area contributed by atoms with E-state index in [1.54, 1.807) is 5.57 Å². The highest BCUT2D eigenvalue weighted by molar-refractivity contribution is 5.99. The van der Waals surface area contributed by atoms with E-state index in [2.05, 4.69) is 39.8 Å². The first-order chi connectivity index (χ1) is 10.9. The van der Waals surface area contributed by atoms with Gasteiger partial charge < -0.3 is 0 Å². The van der Waals surface area contributed by atoms with E-state index in [1.807, 2.05) is 0 Å². The van der Waals surface area contributed by atoms with Crippen LogP contribution in [0.25, 0.3) is 0 Å². The maximum absolute atomic E-state index is 12.6. The summed E-state index contributed by atoms with van der Waals surface area (Å²) in [5.74, 6) is 3.45. The van der Waals surface area contributed by atoms with E-state index in [1.165, 1.54) is 38.5 Å². The molecule has 6 atom stereocenters. The molecule has 0 aromatic carbocycles. The molecule has 0 saturated heterocycles. The van der Waals surface area contributed by atoms with Gasteiger partial charge in [0.25, 0.3) is 0 Å². The third-order valence-corrected chi connectivity index (χ3v) is 8.35. The molecule has 0 heterocycles. The highest BCUT2D eigenvalue weighted by atomic mass is 16.1. The van der Waals surface area contributed by atoms with Crippen molar-refractivity contribution in [3.63, 3.8) is 0 Å². The molecule has 0 N–H and O–H groups in total. The van der Waals surface area contributed by atoms with E-state index in [9.17, 15) is 4.79 Å². The average Bonchev–Trinajstić information content (AvgIpc) is 2.77. The monoisotopic (exact) mass is 312 g/mol. The number of fused-ring (bicyclic) bond motifs is 5. The summed E-state index contributed by atoms with van der Waals surface area (Å²) >= 11 is 0. The fourth-order valence-electron chi connectivity index (χ4n) is 6.99. The number of hydrogen-bond acceptors (Lipinski definition) is 1. The topological polar surface area (TPSA) is 17.1 Å². The third-order valence-electron chi connectivity index (χ3n) is 8.35. The Kier molecular flexibility index (Phi) is 3.45. The van der Waals surface area contributed by atoms with E-state index in [-0.39, 0.29) is 5.41 Å². The molecule has 3 saturated carbocycles. The fourth-order valence-corrected chi connectivity index (χ4v) is 6.99. The molecule has 23 heavy (non-hydrogen) atoms. The number of carbonyl (C=O) groups excluding carboxylic acids is 1. The van der Waals surface area contributed by atoms with Gasteiger partial charge in [0, 0.05) is 6.42 Å². The van der Waals surface area contributed by atoms with E-state index < -0.39 is 0 Å². The molecule has 4 rings (SSSR count). The lowest BCUT2D eigenvalue weighted by Crippen LogP contribution is -2.49. The normalized spacial score (nSPS) is 51.0. The molecule has 0 radical (unpaired) electrons. The molecule has 0 spiro atoms. The number of Topliss-reactive ketones (excluding diaryl/α,β-unsaturated/α-hetero) is 1. The third kappa shape index (κ3) is 2.01. The lowest BCUT2D eigenvalue weighted by molar-refractivity contribution is -0.115. The second kappa shape index (κ2) is 5.07. The van der Waals surface area contributed by atoms with E-state index >= 15 is 0 Å². The van der Waals surface area contributed by atoms with E-state index in [4.69, 9.17) is 0 Å². The van der Waals surface area contributed by atoms with Gasteiger partial charge in [-0.1, -0.05) is 38.5 Å². The predicted octanol–water partition coefficient (Wildman–Crippen LogP) is 5.71. The molecule has 126 valence electrons. The van der Waals surface area contributed by atoms with Crippen LogP contribution in [-0.4, -0.2) is 5.78 Å². The highest BCUT2D eigenvalue weighted by Gasteiger charge is 2.58. The SMILES string of the molecule is C/C=C1\C(=O)C[C@H]2[C@@H]3CC=C4C[C@@H](C)CC[C@]4(C)[C@H]3CC[C@]12C. The van der Waals surface area contributed by atoms with Crippen molar-refractivity contribution in [2.45, 2.75) is 72.6 Å². The second-order valence-corrected chi connectivity index (χ2v) is 9.39. The quantitative estimate of drug-likeness (QED) is 0.413. The molecular weight excluding hydrogens is 280 g/mol. The molecule has 3 fully saturated rings. The standard InChI is InChI=1S/C22H32O/c1-5-17-20(23)13-19-16-7-6-15-12-14(2)8-10-21(15,3)18(16)9-11-22(17,19)4/h5-6,14,16,18-19H,7-13H2,1-4H3/b17-5+/t14-,16+,18-,19-,21-,22+/m0/s1. The maximum Gasteiger partial charge on any atom is 0.159 e. The lowest BCUT2D eigenvalue weighted by Gasteiger charge is -2.57. The largest absolute Gasteiger partial charge is 0.295 e. The van der Waals surface area contributed by atoms with Crippen molar-refractivity contribution in [2.75, 3.05) is 0 Å². The number of ketones is 1. The van der Waals surface area contributed by atoms with Crippen molar-refractivity contribution >= 4 is 5.78 Å². The smallest absolute Gasteiger partial charge is 0.159 e. The van der Waals surface area contributed by atoms with Crippen LogP contribution in [0.4, 0.5) is 0 Å². The van der Waals surface area contributed by atoms with E-state index in [0.29, 0.717) is 17.1 Å². The van der Waals surface area contributed by atoms with Crippen molar-refractivity contribution in [1.29, 1.82) is 0 Å². The summed E-state index contributed by atoms with van der Waals surface area (Å²) in [6.45, 7) is 9.42. The fraction of sp³-hybridized carbons (Fsp3) is 0.773. The summed E-state index contributed by atoms with van der Waals surface area (Å²) in [4.78, 5) is 12.6. The molecule has 0 aliphatic heterocycles. The van der Waals surface area contributed by atoms with Crippen LogP contribution in [-0.2, 0) is 4.79 Å². The molecule has 4 aliphatic rings. The first-order valence-corrected chi connectivity index (χ1v) is 9.79. The minimum atomic E-state index is 0.163. The maximum atomic E-state index is 12.6. The predicted molar refractivity (Wildman–Crippen MR) is 95.0 cm³/mol. The van der Waals surface area contributed by atoms with Crippen molar-refractivity contribution in [3.8, 4) is 0 Å². The summed E-state index contributed by atoms with van der Waals surface area (Å²) in [6, 6.07) is 0. The Morgan fingerprint density at radius 1 is 1.09 bits per heavy atom. The van der Waals surface area contributed by atoms with Gasteiger partial charge in [-0.05, 0) is 85.5 Å². The Morgan fingerprint density at radius 3 is 2.57 bits per heavy atom. The molecule has 0 amide bonds. The van der Waals surface area contributed by atoms with E-state index in [0.717, 1.165) is 29.7 Å². The summed E-state index contributed by atoms with van der Waals surface area (Å²) in [5, 5.41) is 0. The molecule has 0 aromatic rings. The first-order valence-electron chi connectivity index (χ1n) is 9.79. The number of hydrogen-bond donors (Lipinski definition) is 0. The van der Waals surface area contributed by atoms with Gasteiger partial charge in [0.2, 0.25) is 0 Å². The van der Waals surface area contributed by atoms with Crippen molar-refractivity contribution < 1.29 is 4.79 Å². The minimum Gasteiger partial charge on any atom is -0.295 e. The zero-order valence-electron chi connectivity index (χ0n) is 15.3. The highest BCUT2D eigenvalue weighted by Crippen LogP contribution is 2.65. The van der Waals surface area contributed by atoms with Crippen LogP contribution in [0.3, 0.4) is 0 Å². The van der Waals surface area contributed by atoms with Crippen molar-refractivity contribution in [1.82, 2.24) is 0 Å². The van der Waals surface area contributed by atoms with Crippen LogP contribution < -0.4 is 0 Å². The first kappa shape index (κ1) is 15.7. The van der Waals surface area contributed by atoms with Crippen molar-refractivity contribution in [3.05, 3.63) is 23.3 Å². The zero-order chi connectivity index (χ0) is 16.4. The Morgan fingerprint density at radius 2 is 1.83 bits per heavy atom. The molecule has 4 aliphatic carbocycles. The molecule has 0 aromatic heterocycles. The lowest BCUT2D eigenvalue weighted by atomic mass is 9.47. The van der Waals surface area contributed by atoms with Crippen LogP contribution in [0.2, 0.25) is 0 Å². The van der Waals surface area contributed by atoms with Gasteiger partial charge in [0.15, 0.2) is 5.78 Å². The number of allylic oxidation sites excluding steroid dienone is 4. The molecular formula is C22H32O. The summed E-state index contributed by atoms with van der Waals surface area (Å²) in [5.41, 5.74) is 3.50. The molecule has 0 unspecified atom stereocenters. The summed E-state index contributed by atoms with van der Waals surface area (Å²) < 4.78 is 0. The minimum absolute atomic E-state index is 0.163. The van der Waals surface area contributed by atoms with Gasteiger partial charge in [0.05, 0.1) is 0 Å².